The predicted octanol–water partition coefficient (Wildman–Crippen LogP) is 3.03. The van der Waals surface area contributed by atoms with E-state index in [1.54, 1.807) is 18.5 Å². The highest BCUT2D eigenvalue weighted by Crippen LogP contribution is 2.25. The Balaban J connectivity index is 2.26. The third-order valence-electron chi connectivity index (χ3n) is 2.89. The van der Waals surface area contributed by atoms with Crippen LogP contribution in [0.1, 0.15) is 24.1 Å². The van der Waals surface area contributed by atoms with Gasteiger partial charge in [-0.15, -0.1) is 0 Å². The van der Waals surface area contributed by atoms with Crippen molar-refractivity contribution < 1.29 is 4.92 Å². The first-order chi connectivity index (χ1) is 9.61. The zero-order valence-electron chi connectivity index (χ0n) is 10.8. The average molecular weight is 268 g/mol. The molecular formula is C14H12N4O2. The van der Waals surface area contributed by atoms with Crippen LogP contribution >= 0.6 is 0 Å². The number of aromatic nitrogens is 1. The number of nitro groups is 1. The van der Waals surface area contributed by atoms with Gasteiger partial charge >= 0.3 is 0 Å². The summed E-state index contributed by atoms with van der Waals surface area (Å²) in [7, 11) is 0. The molecular weight excluding hydrogens is 256 g/mol. The van der Waals surface area contributed by atoms with E-state index in [2.05, 4.69) is 10.3 Å². The number of non-ortho nitro benzene ring substituents is 1. The Morgan fingerprint density at radius 1 is 1.45 bits per heavy atom. The second-order valence-electron chi connectivity index (χ2n) is 4.25. The lowest BCUT2D eigenvalue weighted by Crippen LogP contribution is -2.08. The van der Waals surface area contributed by atoms with E-state index < -0.39 is 4.92 Å². The van der Waals surface area contributed by atoms with Crippen molar-refractivity contribution in [3.63, 3.8) is 0 Å². The van der Waals surface area contributed by atoms with Crippen LogP contribution < -0.4 is 5.32 Å². The monoisotopic (exact) mass is 268 g/mol. The summed E-state index contributed by atoms with van der Waals surface area (Å²) in [6.45, 7) is 1.93. The van der Waals surface area contributed by atoms with Gasteiger partial charge in [-0.25, -0.2) is 0 Å². The molecule has 0 saturated carbocycles. The van der Waals surface area contributed by atoms with Gasteiger partial charge in [-0.2, -0.15) is 5.26 Å². The lowest BCUT2D eigenvalue weighted by atomic mass is 10.1. The van der Waals surface area contributed by atoms with E-state index in [-0.39, 0.29) is 17.3 Å². The third-order valence-corrected chi connectivity index (χ3v) is 2.89. The molecule has 0 aliphatic rings. The van der Waals surface area contributed by atoms with Crippen LogP contribution in [0, 0.1) is 21.4 Å². The topological polar surface area (TPSA) is 91.9 Å². The number of rotatable bonds is 4. The van der Waals surface area contributed by atoms with Crippen LogP contribution in [0.2, 0.25) is 0 Å². The van der Waals surface area contributed by atoms with E-state index in [9.17, 15) is 10.1 Å². The fraction of sp³-hybridized carbons (Fsp3) is 0.143. The van der Waals surface area contributed by atoms with Crippen LogP contribution in [0.4, 0.5) is 11.4 Å². The molecule has 1 atom stereocenters. The Bertz CT molecular complexity index is 665. The van der Waals surface area contributed by atoms with Crippen LogP contribution in [-0.2, 0) is 0 Å². The number of nitrogens with one attached hydrogen (secondary N) is 1. The summed E-state index contributed by atoms with van der Waals surface area (Å²) in [4.78, 5) is 14.2. The largest absolute Gasteiger partial charge is 0.377 e. The SMILES string of the molecule is CC(Nc1ccc([N+](=O)[O-])cc1C#N)c1cccnc1. The van der Waals surface area contributed by atoms with Crippen molar-refractivity contribution in [3.05, 3.63) is 64.0 Å². The van der Waals surface area contributed by atoms with Crippen molar-refractivity contribution >= 4 is 11.4 Å². The minimum atomic E-state index is -0.519. The summed E-state index contributed by atoms with van der Waals surface area (Å²) in [5.41, 5.74) is 1.68. The second kappa shape index (κ2) is 5.80. The van der Waals surface area contributed by atoms with E-state index in [4.69, 9.17) is 5.26 Å². The minimum absolute atomic E-state index is 0.0581. The predicted molar refractivity (Wildman–Crippen MR) is 74.1 cm³/mol. The average Bonchev–Trinajstić information content (AvgIpc) is 2.48. The number of nitrogens with zero attached hydrogens (tertiary/aromatic N) is 3. The van der Waals surface area contributed by atoms with Gasteiger partial charge in [-0.05, 0) is 24.6 Å². The lowest BCUT2D eigenvalue weighted by molar-refractivity contribution is -0.384. The van der Waals surface area contributed by atoms with Gasteiger partial charge < -0.3 is 5.32 Å². The maximum atomic E-state index is 10.7. The Morgan fingerprint density at radius 3 is 2.85 bits per heavy atom. The summed E-state index contributed by atoms with van der Waals surface area (Å²) < 4.78 is 0. The number of pyridine rings is 1. The Morgan fingerprint density at radius 2 is 2.25 bits per heavy atom. The van der Waals surface area contributed by atoms with Crippen LogP contribution in [0.5, 0.6) is 0 Å². The second-order valence-corrected chi connectivity index (χ2v) is 4.25. The van der Waals surface area contributed by atoms with E-state index in [1.165, 1.54) is 12.1 Å². The van der Waals surface area contributed by atoms with Gasteiger partial charge in [0.15, 0.2) is 0 Å². The molecule has 0 aliphatic heterocycles. The molecule has 0 amide bonds. The number of hydrogen-bond donors (Lipinski definition) is 1. The number of nitro benzene ring substituents is 1. The molecule has 0 radical (unpaired) electrons. The number of nitriles is 1. The first-order valence-electron chi connectivity index (χ1n) is 5.97. The Labute approximate surface area is 115 Å². The molecule has 2 aromatic rings. The van der Waals surface area contributed by atoms with Crippen LogP contribution in [0.3, 0.4) is 0 Å². The molecule has 6 heteroatoms. The van der Waals surface area contributed by atoms with E-state index >= 15 is 0 Å². The molecule has 6 nitrogen and oxygen atoms in total. The van der Waals surface area contributed by atoms with Crippen LogP contribution in [-0.4, -0.2) is 9.91 Å². The maximum absolute atomic E-state index is 10.7. The lowest BCUT2D eigenvalue weighted by Gasteiger charge is -2.16. The molecule has 1 aromatic carbocycles. The molecule has 1 unspecified atom stereocenters. The van der Waals surface area contributed by atoms with Gasteiger partial charge in [0.25, 0.3) is 5.69 Å². The third kappa shape index (κ3) is 2.90. The van der Waals surface area contributed by atoms with Crippen molar-refractivity contribution in [1.82, 2.24) is 4.98 Å². The van der Waals surface area contributed by atoms with Crippen molar-refractivity contribution in [2.24, 2.45) is 0 Å². The molecule has 1 heterocycles. The first kappa shape index (κ1) is 13.5. The molecule has 20 heavy (non-hydrogen) atoms. The summed E-state index contributed by atoms with van der Waals surface area (Å²) in [5.74, 6) is 0. The normalized spacial score (nSPS) is 11.4. The van der Waals surface area contributed by atoms with Crippen LogP contribution in [0.25, 0.3) is 0 Å². The van der Waals surface area contributed by atoms with Gasteiger partial charge in [0.2, 0.25) is 0 Å². The standard InChI is InChI=1S/C14H12N4O2/c1-10(11-3-2-6-16-9-11)17-14-5-4-13(18(19)20)7-12(14)8-15/h2-7,9-10,17H,1H3. The maximum Gasteiger partial charge on any atom is 0.270 e. The smallest absolute Gasteiger partial charge is 0.270 e. The molecule has 0 fully saturated rings. The van der Waals surface area contributed by atoms with E-state index in [0.717, 1.165) is 5.56 Å². The summed E-state index contributed by atoms with van der Waals surface area (Å²) in [5, 5.41) is 22.9. The zero-order chi connectivity index (χ0) is 14.5. The molecule has 0 aliphatic carbocycles. The molecule has 2 rings (SSSR count). The molecule has 0 bridgehead atoms. The zero-order valence-corrected chi connectivity index (χ0v) is 10.8. The fourth-order valence-corrected chi connectivity index (χ4v) is 1.81. The molecule has 1 aromatic heterocycles. The summed E-state index contributed by atoms with van der Waals surface area (Å²) in [6, 6.07) is 9.84. The first-order valence-corrected chi connectivity index (χ1v) is 5.97. The summed E-state index contributed by atoms with van der Waals surface area (Å²) >= 11 is 0. The van der Waals surface area contributed by atoms with Crippen molar-refractivity contribution in [2.45, 2.75) is 13.0 Å². The number of anilines is 1. The number of benzene rings is 1. The van der Waals surface area contributed by atoms with E-state index in [1.807, 2.05) is 25.1 Å². The van der Waals surface area contributed by atoms with E-state index in [0.29, 0.717) is 5.69 Å². The van der Waals surface area contributed by atoms with Gasteiger partial charge in [0.05, 0.1) is 22.2 Å². The van der Waals surface area contributed by atoms with Gasteiger partial charge in [0.1, 0.15) is 6.07 Å². The highest BCUT2D eigenvalue weighted by Gasteiger charge is 2.13. The quantitative estimate of drug-likeness (QED) is 0.679. The van der Waals surface area contributed by atoms with Gasteiger partial charge in [-0.3, -0.25) is 15.1 Å². The molecule has 1 N–H and O–H groups in total. The van der Waals surface area contributed by atoms with Crippen LogP contribution in [0.15, 0.2) is 42.7 Å². The van der Waals surface area contributed by atoms with Gasteiger partial charge in [-0.1, -0.05) is 6.07 Å². The summed E-state index contributed by atoms with van der Waals surface area (Å²) in [6.07, 6.45) is 3.41. The molecule has 100 valence electrons. The highest BCUT2D eigenvalue weighted by atomic mass is 16.6. The van der Waals surface area contributed by atoms with Crippen molar-refractivity contribution in [3.8, 4) is 6.07 Å². The van der Waals surface area contributed by atoms with Gasteiger partial charge in [0, 0.05) is 24.5 Å². The molecule has 0 saturated heterocycles. The number of hydrogen-bond acceptors (Lipinski definition) is 5. The Hall–Kier alpha value is -2.94. The Kier molecular flexibility index (Phi) is 3.91. The minimum Gasteiger partial charge on any atom is -0.377 e. The van der Waals surface area contributed by atoms with Crippen molar-refractivity contribution in [2.75, 3.05) is 5.32 Å². The molecule has 0 spiro atoms. The van der Waals surface area contributed by atoms with Crippen molar-refractivity contribution in [1.29, 1.82) is 5.26 Å². The fourth-order valence-electron chi connectivity index (χ4n) is 1.81. The highest BCUT2D eigenvalue weighted by molar-refractivity contribution is 5.62.